The van der Waals surface area contributed by atoms with Gasteiger partial charge in [-0.3, -0.25) is 14.9 Å². The number of nitro benzene ring substituents is 1. The van der Waals surface area contributed by atoms with Crippen molar-refractivity contribution in [2.24, 2.45) is 0 Å². The number of hydrogen-bond donors (Lipinski definition) is 2. The second kappa shape index (κ2) is 5.19. The van der Waals surface area contributed by atoms with Crippen LogP contribution in [0.1, 0.15) is 22.1 Å². The van der Waals surface area contributed by atoms with Crippen molar-refractivity contribution in [2.75, 3.05) is 5.32 Å². The molecule has 7 nitrogen and oxygen atoms in total. The quantitative estimate of drug-likeness (QED) is 0.651. The highest BCUT2D eigenvalue weighted by Gasteiger charge is 2.26. The maximum Gasteiger partial charge on any atom is 0.263 e. The van der Waals surface area contributed by atoms with Crippen molar-refractivity contribution in [1.82, 2.24) is 5.32 Å². The molecule has 3 rings (SSSR count). The lowest BCUT2D eigenvalue weighted by Crippen LogP contribution is -2.38. The Morgan fingerprint density at radius 2 is 1.91 bits per heavy atom. The fourth-order valence-electron chi connectivity index (χ4n) is 2.31. The van der Waals surface area contributed by atoms with E-state index in [0.717, 1.165) is 6.07 Å². The SMILES string of the molecule is O=C1N[C@H](c2cc(Cl)cc([N+](=O)[O-])c2[O-])Nc2ccccc21. The lowest BCUT2D eigenvalue weighted by Gasteiger charge is -2.30. The van der Waals surface area contributed by atoms with Gasteiger partial charge in [-0.2, -0.15) is 0 Å². The van der Waals surface area contributed by atoms with Gasteiger partial charge in [0.2, 0.25) is 0 Å². The normalized spacial score (nSPS) is 16.4. The Morgan fingerprint density at radius 1 is 1.18 bits per heavy atom. The van der Waals surface area contributed by atoms with Crippen LogP contribution >= 0.6 is 11.6 Å². The van der Waals surface area contributed by atoms with E-state index in [2.05, 4.69) is 10.6 Å². The van der Waals surface area contributed by atoms with Gasteiger partial charge in [0.1, 0.15) is 6.17 Å². The van der Waals surface area contributed by atoms with Crippen molar-refractivity contribution >= 4 is 28.9 Å². The predicted molar refractivity (Wildman–Crippen MR) is 77.8 cm³/mol. The molecule has 1 heterocycles. The largest absolute Gasteiger partial charge is 0.868 e. The van der Waals surface area contributed by atoms with Gasteiger partial charge in [-0.15, -0.1) is 0 Å². The summed E-state index contributed by atoms with van der Waals surface area (Å²) in [5, 5.41) is 28.7. The summed E-state index contributed by atoms with van der Waals surface area (Å²) < 4.78 is 0. The molecular weight excluding hydrogens is 310 g/mol. The minimum atomic E-state index is -0.882. The highest BCUT2D eigenvalue weighted by atomic mass is 35.5. The molecule has 112 valence electrons. The molecule has 8 heteroatoms. The molecule has 0 aromatic heterocycles. The standard InChI is InChI=1S/C14H10ClN3O4/c15-7-5-9(12(19)11(6-7)18(21)22)13-16-10-4-2-1-3-8(10)14(20)17-13/h1-6,13,16,19H,(H,17,20)/p-1/t13-/m1/s1. The maximum absolute atomic E-state index is 12.2. The number of fused-ring (bicyclic) bond motifs is 1. The molecule has 0 fully saturated rings. The number of benzene rings is 2. The molecule has 0 unspecified atom stereocenters. The Bertz CT molecular complexity index is 794. The number of nitro groups is 1. The van der Waals surface area contributed by atoms with Crippen LogP contribution in [-0.4, -0.2) is 10.8 Å². The summed E-state index contributed by atoms with van der Waals surface area (Å²) in [6.07, 6.45) is -0.882. The number of carbonyl (C=O) groups excluding carboxylic acids is 1. The van der Waals surface area contributed by atoms with Crippen molar-refractivity contribution in [1.29, 1.82) is 0 Å². The highest BCUT2D eigenvalue weighted by molar-refractivity contribution is 6.31. The third-order valence-electron chi connectivity index (χ3n) is 3.32. The molecule has 2 aromatic carbocycles. The smallest absolute Gasteiger partial charge is 0.263 e. The fourth-order valence-corrected chi connectivity index (χ4v) is 2.53. The van der Waals surface area contributed by atoms with Crippen molar-refractivity contribution in [3.63, 3.8) is 0 Å². The Kier molecular flexibility index (Phi) is 3.34. The first-order chi connectivity index (χ1) is 10.5. The van der Waals surface area contributed by atoms with Crippen LogP contribution in [0.15, 0.2) is 36.4 Å². The van der Waals surface area contributed by atoms with E-state index in [9.17, 15) is 20.0 Å². The summed E-state index contributed by atoms with van der Waals surface area (Å²) in [7, 11) is 0. The summed E-state index contributed by atoms with van der Waals surface area (Å²) in [6.45, 7) is 0. The average molecular weight is 319 g/mol. The first kappa shape index (κ1) is 14.2. The molecule has 22 heavy (non-hydrogen) atoms. The number of para-hydroxylation sites is 1. The van der Waals surface area contributed by atoms with Gasteiger partial charge in [0, 0.05) is 16.8 Å². The Hall–Kier alpha value is -2.80. The molecular formula is C14H9ClN3O4-. The second-order valence-electron chi connectivity index (χ2n) is 4.70. The van der Waals surface area contributed by atoms with Crippen molar-refractivity contribution in [2.45, 2.75) is 6.17 Å². The van der Waals surface area contributed by atoms with Gasteiger partial charge in [-0.05, 0) is 29.5 Å². The summed E-state index contributed by atoms with van der Waals surface area (Å²) in [5.74, 6) is -1.16. The van der Waals surface area contributed by atoms with E-state index < -0.39 is 22.5 Å². The zero-order valence-electron chi connectivity index (χ0n) is 11.0. The lowest BCUT2D eigenvalue weighted by molar-refractivity contribution is -0.398. The molecule has 1 amide bonds. The molecule has 0 saturated heterocycles. The van der Waals surface area contributed by atoms with Crippen LogP contribution in [0.2, 0.25) is 5.02 Å². The number of nitrogens with zero attached hydrogens (tertiary/aromatic N) is 1. The van der Waals surface area contributed by atoms with E-state index in [1.54, 1.807) is 24.3 Å². The van der Waals surface area contributed by atoms with E-state index in [0.29, 0.717) is 11.3 Å². The monoisotopic (exact) mass is 318 g/mol. The third-order valence-corrected chi connectivity index (χ3v) is 3.54. The minimum Gasteiger partial charge on any atom is -0.868 e. The van der Waals surface area contributed by atoms with Gasteiger partial charge in [0.05, 0.1) is 10.5 Å². The van der Waals surface area contributed by atoms with Crippen LogP contribution in [-0.2, 0) is 0 Å². The van der Waals surface area contributed by atoms with Crippen LogP contribution < -0.4 is 15.7 Å². The number of amides is 1. The molecule has 0 aliphatic carbocycles. The molecule has 0 radical (unpaired) electrons. The molecule has 1 aliphatic rings. The van der Waals surface area contributed by atoms with Crippen LogP contribution in [0.25, 0.3) is 0 Å². The average Bonchev–Trinajstić information content (AvgIpc) is 2.49. The van der Waals surface area contributed by atoms with E-state index in [-0.39, 0.29) is 16.5 Å². The zero-order chi connectivity index (χ0) is 15.9. The van der Waals surface area contributed by atoms with Gasteiger partial charge < -0.3 is 15.7 Å². The van der Waals surface area contributed by atoms with Crippen molar-refractivity contribution < 1.29 is 14.8 Å². The van der Waals surface area contributed by atoms with Crippen LogP contribution in [0.4, 0.5) is 11.4 Å². The lowest BCUT2D eigenvalue weighted by atomic mass is 10.0. The van der Waals surface area contributed by atoms with Gasteiger partial charge in [0.15, 0.2) is 0 Å². The number of nitrogens with one attached hydrogen (secondary N) is 2. The molecule has 2 N–H and O–H groups in total. The number of carbonyl (C=O) groups is 1. The minimum absolute atomic E-state index is 0.0158. The third kappa shape index (κ3) is 2.31. The van der Waals surface area contributed by atoms with E-state index >= 15 is 0 Å². The number of hydrogen-bond acceptors (Lipinski definition) is 5. The van der Waals surface area contributed by atoms with Crippen LogP contribution in [0.3, 0.4) is 0 Å². The molecule has 0 saturated carbocycles. The van der Waals surface area contributed by atoms with E-state index in [4.69, 9.17) is 11.6 Å². The van der Waals surface area contributed by atoms with Crippen molar-refractivity contribution in [3.8, 4) is 5.75 Å². The number of halogens is 1. The Morgan fingerprint density at radius 3 is 2.64 bits per heavy atom. The van der Waals surface area contributed by atoms with E-state index in [1.165, 1.54) is 6.07 Å². The van der Waals surface area contributed by atoms with Crippen LogP contribution in [0.5, 0.6) is 5.75 Å². The van der Waals surface area contributed by atoms with Gasteiger partial charge >= 0.3 is 0 Å². The fraction of sp³-hybridized carbons (Fsp3) is 0.0714. The van der Waals surface area contributed by atoms with Gasteiger partial charge in [0.25, 0.3) is 11.6 Å². The summed E-state index contributed by atoms with van der Waals surface area (Å²) in [6, 6.07) is 9.06. The Balaban J connectivity index is 2.07. The van der Waals surface area contributed by atoms with Gasteiger partial charge in [-0.1, -0.05) is 23.7 Å². The summed E-state index contributed by atoms with van der Waals surface area (Å²) in [5.41, 5.74) is 0.362. The summed E-state index contributed by atoms with van der Waals surface area (Å²) >= 11 is 5.84. The first-order valence-corrected chi connectivity index (χ1v) is 6.66. The predicted octanol–water partition coefficient (Wildman–Crippen LogP) is 2.18. The summed E-state index contributed by atoms with van der Waals surface area (Å²) in [4.78, 5) is 22.2. The molecule has 0 spiro atoms. The second-order valence-corrected chi connectivity index (χ2v) is 5.13. The maximum atomic E-state index is 12.2. The van der Waals surface area contributed by atoms with Gasteiger partial charge in [-0.25, -0.2) is 0 Å². The number of anilines is 1. The van der Waals surface area contributed by atoms with Crippen LogP contribution in [0, 0.1) is 10.1 Å². The topological polar surface area (TPSA) is 107 Å². The Labute approximate surface area is 129 Å². The molecule has 2 aromatic rings. The zero-order valence-corrected chi connectivity index (χ0v) is 11.8. The first-order valence-electron chi connectivity index (χ1n) is 6.28. The molecule has 1 atom stereocenters. The highest BCUT2D eigenvalue weighted by Crippen LogP contribution is 2.36. The number of rotatable bonds is 2. The van der Waals surface area contributed by atoms with Crippen molar-refractivity contribution in [3.05, 3.63) is 62.7 Å². The van der Waals surface area contributed by atoms with E-state index in [1.807, 2.05) is 0 Å². The molecule has 0 bridgehead atoms. The molecule has 1 aliphatic heterocycles.